The molecule has 1 spiro atoms. The zero-order valence-corrected chi connectivity index (χ0v) is 26.5. The molecule has 2 amide bonds. The van der Waals surface area contributed by atoms with Crippen molar-refractivity contribution in [2.24, 2.45) is 24.6 Å². The number of nitrogens with two attached hydrogens (primary N) is 1. The lowest BCUT2D eigenvalue weighted by atomic mass is 9.91. The highest BCUT2D eigenvalue weighted by atomic mass is 16.6. The van der Waals surface area contributed by atoms with Gasteiger partial charge in [0.1, 0.15) is 16.9 Å². The number of aryl methyl sites for hydroxylation is 1. The molecule has 46 heavy (non-hydrogen) atoms. The van der Waals surface area contributed by atoms with Crippen molar-refractivity contribution in [3.05, 3.63) is 42.0 Å². The molecule has 2 aromatic carbocycles. The number of hydrogen-bond donors (Lipinski definition) is 2. The number of nitrogens with zero attached hydrogens (tertiary/aromatic N) is 5. The average molecular weight is 624 g/mol. The topological polar surface area (TPSA) is 120 Å². The van der Waals surface area contributed by atoms with Crippen LogP contribution in [0, 0.1) is 11.8 Å². The first-order valence-corrected chi connectivity index (χ1v) is 16.8. The first-order chi connectivity index (χ1) is 22.3. The average Bonchev–Trinajstić information content (AvgIpc) is 3.25. The van der Waals surface area contributed by atoms with Gasteiger partial charge in [0.2, 0.25) is 0 Å². The molecule has 11 heteroatoms. The summed E-state index contributed by atoms with van der Waals surface area (Å²) in [5.41, 5.74) is 11.7. The molecule has 3 aliphatic heterocycles. The molecule has 2 aromatic heterocycles. The number of carbonyl (C=O) groups is 2. The number of nitrogens with one attached hydrogen (secondary N) is 1. The fourth-order valence-electron chi connectivity index (χ4n) is 8.60. The Morgan fingerprint density at radius 3 is 2.63 bits per heavy atom. The van der Waals surface area contributed by atoms with Crippen LogP contribution in [0.5, 0.6) is 5.75 Å². The van der Waals surface area contributed by atoms with E-state index >= 15 is 0 Å². The molecular formula is C35H41N7O4. The van der Waals surface area contributed by atoms with Crippen LogP contribution in [-0.4, -0.2) is 82.0 Å². The number of hydrogen-bond acceptors (Lipinski definition) is 7. The third-order valence-corrected chi connectivity index (χ3v) is 11.5. The van der Waals surface area contributed by atoms with Crippen LogP contribution < -0.4 is 20.7 Å². The first-order valence-electron chi connectivity index (χ1n) is 16.8. The Labute approximate surface area is 267 Å². The van der Waals surface area contributed by atoms with Crippen molar-refractivity contribution in [1.29, 1.82) is 0 Å². The molecule has 2 saturated carbocycles. The fourth-order valence-corrected chi connectivity index (χ4v) is 8.60. The molecule has 3 N–H and O–H groups in total. The van der Waals surface area contributed by atoms with Crippen LogP contribution in [0.1, 0.15) is 48.9 Å². The van der Waals surface area contributed by atoms with Gasteiger partial charge in [-0.1, -0.05) is 6.07 Å². The highest BCUT2D eigenvalue weighted by molar-refractivity contribution is 6.00. The smallest absolute Gasteiger partial charge is 0.407 e. The third-order valence-electron chi connectivity index (χ3n) is 11.5. The molecule has 5 aliphatic rings. The van der Waals surface area contributed by atoms with Gasteiger partial charge in [-0.2, -0.15) is 0 Å². The van der Waals surface area contributed by atoms with E-state index in [1.807, 2.05) is 24.1 Å². The predicted octanol–water partition coefficient (Wildman–Crippen LogP) is 4.25. The van der Waals surface area contributed by atoms with Gasteiger partial charge in [0.15, 0.2) is 5.82 Å². The van der Waals surface area contributed by atoms with E-state index in [9.17, 15) is 9.59 Å². The number of likely N-dealkylation sites (tertiary alicyclic amines) is 1. The molecular weight excluding hydrogens is 582 g/mol. The summed E-state index contributed by atoms with van der Waals surface area (Å²) in [5, 5.41) is 4.01. The summed E-state index contributed by atoms with van der Waals surface area (Å²) in [6, 6.07) is 13.0. The van der Waals surface area contributed by atoms with Gasteiger partial charge >= 0.3 is 6.09 Å². The minimum absolute atomic E-state index is 0.0106. The first kappa shape index (κ1) is 28.0. The fraction of sp³-hybridized carbons (Fsp3) is 0.514. The largest absolute Gasteiger partial charge is 0.494 e. The van der Waals surface area contributed by atoms with Gasteiger partial charge in [-0.3, -0.25) is 4.79 Å². The number of anilines is 1. The molecule has 4 aromatic rings. The maximum Gasteiger partial charge on any atom is 0.407 e. The number of imidazole rings is 1. The molecule has 3 saturated heterocycles. The number of rotatable bonds is 6. The lowest BCUT2D eigenvalue weighted by Crippen LogP contribution is -2.46. The van der Waals surface area contributed by atoms with E-state index in [0.29, 0.717) is 29.7 Å². The van der Waals surface area contributed by atoms with Crippen molar-refractivity contribution in [2.75, 3.05) is 38.2 Å². The van der Waals surface area contributed by atoms with Gasteiger partial charge < -0.3 is 39.5 Å². The number of piperidine rings is 2. The van der Waals surface area contributed by atoms with Gasteiger partial charge in [-0.05, 0) is 67.9 Å². The Hall–Kier alpha value is -4.25. The summed E-state index contributed by atoms with van der Waals surface area (Å²) in [6.07, 6.45) is 5.89. The number of amides is 2. The quantitative estimate of drug-likeness (QED) is 0.330. The third kappa shape index (κ3) is 4.30. The van der Waals surface area contributed by atoms with Gasteiger partial charge in [-0.25, -0.2) is 9.78 Å². The molecule has 0 radical (unpaired) electrons. The predicted molar refractivity (Wildman–Crippen MR) is 175 cm³/mol. The van der Waals surface area contributed by atoms with Crippen LogP contribution >= 0.6 is 0 Å². The Kier molecular flexibility index (Phi) is 6.16. The summed E-state index contributed by atoms with van der Waals surface area (Å²) >= 11 is 0. The van der Waals surface area contributed by atoms with E-state index in [2.05, 4.69) is 43.6 Å². The monoisotopic (exact) mass is 623 g/mol. The second-order valence-corrected chi connectivity index (χ2v) is 14.2. The number of aromatic nitrogens is 3. The summed E-state index contributed by atoms with van der Waals surface area (Å²) in [5.74, 6) is 2.57. The Bertz CT molecular complexity index is 1900. The number of alkyl carbamates (subject to hydrolysis) is 1. The number of ether oxygens (including phenoxy) is 2. The molecule has 11 nitrogen and oxygen atoms in total. The number of methoxy groups -OCH3 is 1. The standard InChI is InChI=1S/C35H41N7O4/c1-39-31-25(13-23(15-29(31)45-2)33(43)42-18-22-6-8-26(42)30(22)36)38-32(39)28-14-21-5-7-24(16-27(21)41(28)17-20-3-4-20)40-11-9-35(10-12-40)19-37-34(44)46-35/h5,7,13-16,20,22,26,30H,3-4,6,8-12,17-19,36H2,1-2H3,(H,37,44)/t22?,26?,30-/m1/s1. The van der Waals surface area contributed by atoms with Crippen LogP contribution in [-0.2, 0) is 18.3 Å². The molecule has 5 fully saturated rings. The van der Waals surface area contributed by atoms with Crippen LogP contribution in [0.4, 0.5) is 10.5 Å². The van der Waals surface area contributed by atoms with Crippen LogP contribution in [0.2, 0.25) is 0 Å². The maximum absolute atomic E-state index is 13.8. The van der Waals surface area contributed by atoms with E-state index in [4.69, 9.17) is 20.2 Å². The van der Waals surface area contributed by atoms with E-state index in [1.54, 1.807) is 7.11 Å². The number of benzene rings is 2. The van der Waals surface area contributed by atoms with E-state index in [-0.39, 0.29) is 29.7 Å². The van der Waals surface area contributed by atoms with E-state index in [1.165, 1.54) is 29.4 Å². The Balaban J connectivity index is 1.08. The molecule has 2 unspecified atom stereocenters. The normalized spacial score (nSPS) is 25.2. The zero-order valence-electron chi connectivity index (χ0n) is 26.5. The van der Waals surface area contributed by atoms with Crippen molar-refractivity contribution in [2.45, 2.75) is 62.8 Å². The molecule has 3 atom stereocenters. The van der Waals surface area contributed by atoms with Crippen molar-refractivity contribution < 1.29 is 19.1 Å². The van der Waals surface area contributed by atoms with Crippen molar-refractivity contribution in [3.8, 4) is 17.3 Å². The maximum atomic E-state index is 13.8. The molecule has 240 valence electrons. The van der Waals surface area contributed by atoms with Gasteiger partial charge in [-0.15, -0.1) is 0 Å². The van der Waals surface area contributed by atoms with E-state index in [0.717, 1.165) is 74.4 Å². The second kappa shape index (κ2) is 10.1. The van der Waals surface area contributed by atoms with Gasteiger partial charge in [0.25, 0.3) is 5.91 Å². The van der Waals surface area contributed by atoms with Gasteiger partial charge in [0.05, 0.1) is 30.4 Å². The molecule has 9 rings (SSSR count). The lowest BCUT2D eigenvalue weighted by Gasteiger charge is -2.38. The number of fused-ring (bicyclic) bond motifs is 4. The summed E-state index contributed by atoms with van der Waals surface area (Å²) in [7, 11) is 3.69. The lowest BCUT2D eigenvalue weighted by molar-refractivity contribution is 0.0367. The number of carbonyl (C=O) groups excluding carboxylic acids is 2. The summed E-state index contributed by atoms with van der Waals surface area (Å²) < 4.78 is 16.1. The Morgan fingerprint density at radius 2 is 1.96 bits per heavy atom. The summed E-state index contributed by atoms with van der Waals surface area (Å²) in [4.78, 5) is 35.0. The van der Waals surface area contributed by atoms with Crippen molar-refractivity contribution in [3.63, 3.8) is 0 Å². The zero-order chi connectivity index (χ0) is 31.3. The second-order valence-electron chi connectivity index (χ2n) is 14.2. The molecule has 2 bridgehead atoms. The van der Waals surface area contributed by atoms with Crippen molar-refractivity contribution in [1.82, 2.24) is 24.3 Å². The highest BCUT2D eigenvalue weighted by Gasteiger charge is 2.47. The van der Waals surface area contributed by atoms with E-state index < -0.39 is 0 Å². The SMILES string of the molecule is COc1cc(C(=O)N2CC3CCC2[C@@H]3N)cc2nc(-c3cc4ccc(N5CCC6(CC5)CNC(=O)O6)cc4n3CC3CC3)n(C)c12. The minimum Gasteiger partial charge on any atom is -0.494 e. The highest BCUT2D eigenvalue weighted by Crippen LogP contribution is 2.41. The van der Waals surface area contributed by atoms with Crippen LogP contribution in [0.15, 0.2) is 36.4 Å². The molecule has 2 aliphatic carbocycles. The Morgan fingerprint density at radius 1 is 1.13 bits per heavy atom. The molecule has 5 heterocycles. The van der Waals surface area contributed by atoms with Gasteiger partial charge in [0, 0.05) is 74.8 Å². The minimum atomic E-state index is -0.371. The van der Waals surface area contributed by atoms with Crippen LogP contribution in [0.3, 0.4) is 0 Å². The van der Waals surface area contributed by atoms with Crippen LogP contribution in [0.25, 0.3) is 33.5 Å². The van der Waals surface area contributed by atoms with Crippen molar-refractivity contribution >= 4 is 39.6 Å². The summed E-state index contributed by atoms with van der Waals surface area (Å²) in [6.45, 7) is 3.94.